The van der Waals surface area contributed by atoms with Crippen LogP contribution in [0.5, 0.6) is 0 Å². The molecule has 1 aromatic carbocycles. The van der Waals surface area contributed by atoms with Crippen LogP contribution in [-0.2, 0) is 25.7 Å². The van der Waals surface area contributed by atoms with E-state index < -0.39 is 11.9 Å². The van der Waals surface area contributed by atoms with Gasteiger partial charge in [0.2, 0.25) is 11.7 Å². The summed E-state index contributed by atoms with van der Waals surface area (Å²) < 4.78 is 15.8. The summed E-state index contributed by atoms with van der Waals surface area (Å²) in [5, 5.41) is 4.35. The van der Waals surface area contributed by atoms with Gasteiger partial charge in [0.1, 0.15) is 17.9 Å². The second-order valence-corrected chi connectivity index (χ2v) is 5.30. The Bertz CT molecular complexity index is 867. The number of ether oxygens (including phenoxy) is 2. The number of hydrogen-bond donors (Lipinski definition) is 1. The Morgan fingerprint density at radius 2 is 2.00 bits per heavy atom. The van der Waals surface area contributed by atoms with Gasteiger partial charge in [-0.1, -0.05) is 18.2 Å². The average Bonchev–Trinajstić information content (AvgIpc) is 2.99. The van der Waals surface area contributed by atoms with Gasteiger partial charge >= 0.3 is 11.9 Å². The summed E-state index contributed by atoms with van der Waals surface area (Å²) in [6, 6.07) is 7.04. The Balaban J connectivity index is 1.82. The number of furan rings is 1. The van der Waals surface area contributed by atoms with Crippen LogP contribution >= 0.6 is 0 Å². The third kappa shape index (κ3) is 3.52. The number of carbonyl (C=O) groups is 3. The summed E-state index contributed by atoms with van der Waals surface area (Å²) in [6.07, 6.45) is 0.387. The van der Waals surface area contributed by atoms with Crippen LogP contribution in [0.15, 0.2) is 33.8 Å². The van der Waals surface area contributed by atoms with Crippen molar-refractivity contribution in [3.63, 3.8) is 0 Å². The molecule has 0 radical (unpaired) electrons. The standard InChI is InChI=1S/C17H16N2O6/c1-2-23-17(22)15-11(10-5-3-4-6-13(10)25-15)9-24-16(21)12-7-8-14(20)19-18-12/h3-6H,2,7-9H2,1H3,(H,19,20). The van der Waals surface area contributed by atoms with Crippen LogP contribution < -0.4 is 5.43 Å². The molecule has 25 heavy (non-hydrogen) atoms. The first kappa shape index (κ1) is 16.7. The number of rotatable bonds is 5. The molecule has 1 aliphatic heterocycles. The lowest BCUT2D eigenvalue weighted by Gasteiger charge is -2.11. The molecule has 130 valence electrons. The molecule has 0 unspecified atom stereocenters. The van der Waals surface area contributed by atoms with Crippen LogP contribution in [-0.4, -0.2) is 30.2 Å². The number of esters is 2. The number of hydrogen-bond acceptors (Lipinski definition) is 7. The maximum atomic E-state index is 12.1. The van der Waals surface area contributed by atoms with E-state index >= 15 is 0 Å². The molecule has 1 aromatic heterocycles. The Morgan fingerprint density at radius 3 is 2.72 bits per heavy atom. The van der Waals surface area contributed by atoms with Gasteiger partial charge in [0.05, 0.1) is 12.2 Å². The highest BCUT2D eigenvalue weighted by molar-refractivity contribution is 6.37. The maximum absolute atomic E-state index is 12.1. The minimum Gasteiger partial charge on any atom is -0.460 e. The summed E-state index contributed by atoms with van der Waals surface area (Å²) in [5.41, 5.74) is 3.30. The number of nitrogens with one attached hydrogen (secondary N) is 1. The van der Waals surface area contributed by atoms with Gasteiger partial charge in [-0.25, -0.2) is 15.0 Å². The van der Waals surface area contributed by atoms with Gasteiger partial charge in [-0.15, -0.1) is 0 Å². The molecule has 0 saturated carbocycles. The molecule has 3 rings (SSSR count). The number of carbonyl (C=O) groups excluding carboxylic acids is 3. The first-order valence-electron chi connectivity index (χ1n) is 7.80. The van der Waals surface area contributed by atoms with Crippen LogP contribution in [0.25, 0.3) is 11.0 Å². The van der Waals surface area contributed by atoms with Crippen molar-refractivity contribution in [2.24, 2.45) is 5.10 Å². The fraction of sp³-hybridized carbons (Fsp3) is 0.294. The number of fused-ring (bicyclic) bond motifs is 1. The van der Waals surface area contributed by atoms with Crippen LogP contribution in [0.2, 0.25) is 0 Å². The number of nitrogens with zero attached hydrogens (tertiary/aromatic N) is 1. The average molecular weight is 344 g/mol. The zero-order valence-electron chi connectivity index (χ0n) is 13.5. The second kappa shape index (κ2) is 7.16. The quantitative estimate of drug-likeness (QED) is 0.830. The Labute approximate surface area is 142 Å². The molecule has 1 aliphatic rings. The van der Waals surface area contributed by atoms with E-state index in [9.17, 15) is 14.4 Å². The summed E-state index contributed by atoms with van der Waals surface area (Å²) >= 11 is 0. The summed E-state index contributed by atoms with van der Waals surface area (Å²) in [7, 11) is 0. The second-order valence-electron chi connectivity index (χ2n) is 5.30. The molecule has 1 amide bonds. The number of benzene rings is 1. The largest absolute Gasteiger partial charge is 0.460 e. The van der Waals surface area contributed by atoms with Gasteiger partial charge in [0, 0.05) is 18.2 Å². The zero-order valence-corrected chi connectivity index (χ0v) is 13.5. The molecule has 8 heteroatoms. The van der Waals surface area contributed by atoms with Crippen molar-refractivity contribution in [1.82, 2.24) is 5.43 Å². The molecule has 1 N–H and O–H groups in total. The highest BCUT2D eigenvalue weighted by Crippen LogP contribution is 2.27. The van der Waals surface area contributed by atoms with Gasteiger partial charge in [-0.05, 0) is 13.0 Å². The van der Waals surface area contributed by atoms with E-state index in [0.717, 1.165) is 0 Å². The van der Waals surface area contributed by atoms with E-state index in [1.807, 2.05) is 0 Å². The maximum Gasteiger partial charge on any atom is 0.374 e. The van der Waals surface area contributed by atoms with Crippen molar-refractivity contribution >= 4 is 34.5 Å². The van der Waals surface area contributed by atoms with E-state index in [-0.39, 0.29) is 43.4 Å². The minimum absolute atomic E-state index is 0.00901. The van der Waals surface area contributed by atoms with Gasteiger partial charge in [-0.2, -0.15) is 5.10 Å². The molecular weight excluding hydrogens is 328 g/mol. The highest BCUT2D eigenvalue weighted by Gasteiger charge is 2.24. The van der Waals surface area contributed by atoms with Gasteiger partial charge in [-0.3, -0.25) is 4.79 Å². The lowest BCUT2D eigenvalue weighted by molar-refractivity contribution is -0.137. The van der Waals surface area contributed by atoms with E-state index in [4.69, 9.17) is 13.9 Å². The van der Waals surface area contributed by atoms with Gasteiger partial charge < -0.3 is 13.9 Å². The molecule has 2 heterocycles. The SMILES string of the molecule is CCOC(=O)c1oc2ccccc2c1COC(=O)C1=NNC(=O)CC1. The van der Waals surface area contributed by atoms with Gasteiger partial charge in [0.25, 0.3) is 0 Å². The lowest BCUT2D eigenvalue weighted by atomic mass is 10.1. The first-order valence-corrected chi connectivity index (χ1v) is 7.80. The lowest BCUT2D eigenvalue weighted by Crippen LogP contribution is -2.30. The van der Waals surface area contributed by atoms with Crippen molar-refractivity contribution < 1.29 is 28.3 Å². The van der Waals surface area contributed by atoms with E-state index in [0.29, 0.717) is 16.5 Å². The molecule has 0 spiro atoms. The summed E-state index contributed by atoms with van der Waals surface area (Å²) in [5.74, 6) is -1.51. The molecular formula is C17H16N2O6. The van der Waals surface area contributed by atoms with Crippen LogP contribution in [0.1, 0.15) is 35.9 Å². The van der Waals surface area contributed by atoms with E-state index in [2.05, 4.69) is 10.5 Å². The third-order valence-electron chi connectivity index (χ3n) is 3.65. The fourth-order valence-electron chi connectivity index (χ4n) is 2.45. The van der Waals surface area contributed by atoms with Crippen LogP contribution in [0.4, 0.5) is 0 Å². The molecule has 0 aliphatic carbocycles. The number of para-hydroxylation sites is 1. The monoisotopic (exact) mass is 344 g/mol. The van der Waals surface area contributed by atoms with Crippen molar-refractivity contribution in [1.29, 1.82) is 0 Å². The summed E-state index contributed by atoms with van der Waals surface area (Å²) in [6.45, 7) is 1.72. The fourth-order valence-corrected chi connectivity index (χ4v) is 2.45. The predicted octanol–water partition coefficient (Wildman–Crippen LogP) is 1.92. The molecule has 0 bridgehead atoms. The molecule has 0 saturated heterocycles. The summed E-state index contributed by atoms with van der Waals surface area (Å²) in [4.78, 5) is 35.3. The van der Waals surface area contributed by atoms with Gasteiger partial charge in [0.15, 0.2) is 0 Å². The normalized spacial score (nSPS) is 14.0. The van der Waals surface area contributed by atoms with Crippen LogP contribution in [0.3, 0.4) is 0 Å². The van der Waals surface area contributed by atoms with E-state index in [1.54, 1.807) is 31.2 Å². The van der Waals surface area contributed by atoms with Crippen LogP contribution in [0, 0.1) is 0 Å². The number of hydrazone groups is 1. The van der Waals surface area contributed by atoms with E-state index in [1.165, 1.54) is 0 Å². The van der Waals surface area contributed by atoms with Crippen molar-refractivity contribution in [2.45, 2.75) is 26.4 Å². The minimum atomic E-state index is -0.653. The topological polar surface area (TPSA) is 107 Å². The molecule has 0 atom stereocenters. The molecule has 2 aromatic rings. The highest BCUT2D eigenvalue weighted by atomic mass is 16.5. The molecule has 8 nitrogen and oxygen atoms in total. The molecule has 0 fully saturated rings. The Morgan fingerprint density at radius 1 is 1.20 bits per heavy atom. The van der Waals surface area contributed by atoms with Crippen molar-refractivity contribution in [2.75, 3.05) is 6.61 Å². The number of amides is 1. The van der Waals surface area contributed by atoms with Crippen molar-refractivity contribution in [3.8, 4) is 0 Å². The Hall–Kier alpha value is -3.16. The Kier molecular flexibility index (Phi) is 4.78. The third-order valence-corrected chi connectivity index (χ3v) is 3.65. The van der Waals surface area contributed by atoms with Crippen molar-refractivity contribution in [3.05, 3.63) is 35.6 Å². The first-order chi connectivity index (χ1) is 12.1. The smallest absolute Gasteiger partial charge is 0.374 e. The predicted molar refractivity (Wildman–Crippen MR) is 86.8 cm³/mol. The zero-order chi connectivity index (χ0) is 17.8.